The number of aryl methyl sites for hydroxylation is 3. The molecule has 170 valence electrons. The number of carbonyl (C=O) groups is 1. The summed E-state index contributed by atoms with van der Waals surface area (Å²) in [6, 6.07) is 11.8. The van der Waals surface area contributed by atoms with Gasteiger partial charge in [-0.1, -0.05) is 30.5 Å². The standard InChI is InChI=1S/C27H28N2O3S/c1-17-9-11-20(12-10-17)29-26(30)25-21-7-5-3-4-6-8-24(21)33-27(25)28-15-19-14-23-22(13-18(19)2)31-16-32-23/h9-15H,3-8,16H2,1-2H3,(H,29,30). The number of nitrogens with zero attached hydrogens (tertiary/aromatic N) is 1. The van der Waals surface area contributed by atoms with Gasteiger partial charge in [-0.05, 0) is 80.5 Å². The minimum Gasteiger partial charge on any atom is -0.454 e. The number of fused-ring (bicyclic) bond motifs is 2. The van der Waals surface area contributed by atoms with E-state index in [2.05, 4.69) is 5.32 Å². The highest BCUT2D eigenvalue weighted by molar-refractivity contribution is 7.16. The maximum Gasteiger partial charge on any atom is 0.259 e. The molecule has 3 aromatic rings. The highest BCUT2D eigenvalue weighted by Crippen LogP contribution is 2.40. The van der Waals surface area contributed by atoms with E-state index in [-0.39, 0.29) is 12.7 Å². The van der Waals surface area contributed by atoms with E-state index in [1.54, 1.807) is 11.3 Å². The molecule has 0 fully saturated rings. The average Bonchev–Trinajstić information content (AvgIpc) is 3.37. The summed E-state index contributed by atoms with van der Waals surface area (Å²) in [5.74, 6) is 1.42. The number of hydrogen-bond acceptors (Lipinski definition) is 5. The van der Waals surface area contributed by atoms with Crippen molar-refractivity contribution in [3.05, 3.63) is 69.1 Å². The minimum atomic E-state index is -0.0773. The molecule has 0 radical (unpaired) electrons. The first-order chi connectivity index (χ1) is 16.1. The van der Waals surface area contributed by atoms with Crippen LogP contribution in [0.3, 0.4) is 0 Å². The van der Waals surface area contributed by atoms with E-state index in [1.165, 1.54) is 23.3 Å². The third-order valence-corrected chi connectivity index (χ3v) is 7.47. The molecule has 0 saturated carbocycles. The molecular weight excluding hydrogens is 432 g/mol. The molecule has 6 heteroatoms. The van der Waals surface area contributed by atoms with Gasteiger partial charge in [0.05, 0.1) is 5.56 Å². The molecule has 1 aromatic heterocycles. The van der Waals surface area contributed by atoms with E-state index in [9.17, 15) is 4.79 Å². The van der Waals surface area contributed by atoms with Crippen LogP contribution in [0, 0.1) is 13.8 Å². The molecular formula is C27H28N2O3S. The Labute approximate surface area is 198 Å². The van der Waals surface area contributed by atoms with Gasteiger partial charge in [0.25, 0.3) is 5.91 Å². The Hall–Kier alpha value is -3.12. The molecule has 1 aliphatic heterocycles. The maximum atomic E-state index is 13.5. The number of rotatable bonds is 4. The van der Waals surface area contributed by atoms with Gasteiger partial charge in [-0.15, -0.1) is 11.3 Å². The summed E-state index contributed by atoms with van der Waals surface area (Å²) in [5.41, 5.74) is 5.90. The molecule has 0 atom stereocenters. The number of carbonyl (C=O) groups excluding carboxylic acids is 1. The molecule has 1 amide bonds. The van der Waals surface area contributed by atoms with Crippen molar-refractivity contribution in [3.8, 4) is 11.5 Å². The number of benzene rings is 2. The van der Waals surface area contributed by atoms with E-state index in [4.69, 9.17) is 14.5 Å². The van der Waals surface area contributed by atoms with Gasteiger partial charge in [-0.3, -0.25) is 4.79 Å². The third kappa shape index (κ3) is 4.67. The fourth-order valence-electron chi connectivity index (χ4n) is 4.39. The number of aliphatic imine (C=N–C) groups is 1. The van der Waals surface area contributed by atoms with Crippen LogP contribution in [0.5, 0.6) is 11.5 Å². The number of thiophene rings is 1. The highest BCUT2D eigenvalue weighted by Gasteiger charge is 2.24. The van der Waals surface area contributed by atoms with Gasteiger partial charge in [0.2, 0.25) is 6.79 Å². The quantitative estimate of drug-likeness (QED) is 0.438. The zero-order valence-corrected chi connectivity index (χ0v) is 19.9. The van der Waals surface area contributed by atoms with Crippen molar-refractivity contribution in [1.29, 1.82) is 0 Å². The van der Waals surface area contributed by atoms with Crippen molar-refractivity contribution in [2.75, 3.05) is 12.1 Å². The van der Waals surface area contributed by atoms with Gasteiger partial charge >= 0.3 is 0 Å². The number of amides is 1. The Morgan fingerprint density at radius 2 is 1.73 bits per heavy atom. The Morgan fingerprint density at radius 1 is 1.00 bits per heavy atom. The van der Waals surface area contributed by atoms with Gasteiger partial charge in [-0.2, -0.15) is 0 Å². The smallest absolute Gasteiger partial charge is 0.259 e. The van der Waals surface area contributed by atoms with Crippen LogP contribution in [0.15, 0.2) is 41.4 Å². The lowest BCUT2D eigenvalue weighted by Crippen LogP contribution is -2.14. The molecule has 5 nitrogen and oxygen atoms in total. The van der Waals surface area contributed by atoms with Crippen molar-refractivity contribution < 1.29 is 14.3 Å². The zero-order valence-electron chi connectivity index (χ0n) is 19.1. The monoisotopic (exact) mass is 460 g/mol. The van der Waals surface area contributed by atoms with Crippen LogP contribution in [0.4, 0.5) is 10.7 Å². The van der Waals surface area contributed by atoms with Crippen molar-refractivity contribution in [3.63, 3.8) is 0 Å². The molecule has 33 heavy (non-hydrogen) atoms. The normalized spacial score (nSPS) is 15.2. The van der Waals surface area contributed by atoms with E-state index >= 15 is 0 Å². The molecule has 1 N–H and O–H groups in total. The van der Waals surface area contributed by atoms with Gasteiger partial charge in [0, 0.05) is 16.8 Å². The van der Waals surface area contributed by atoms with Crippen molar-refractivity contribution in [2.45, 2.75) is 52.4 Å². The van der Waals surface area contributed by atoms with Crippen LogP contribution >= 0.6 is 11.3 Å². The number of hydrogen-bond donors (Lipinski definition) is 1. The fraction of sp³-hybridized carbons (Fsp3) is 0.333. The summed E-state index contributed by atoms with van der Waals surface area (Å²) < 4.78 is 11.0. The van der Waals surface area contributed by atoms with E-state index < -0.39 is 0 Å². The molecule has 0 bridgehead atoms. The highest BCUT2D eigenvalue weighted by atomic mass is 32.1. The van der Waals surface area contributed by atoms with Crippen molar-refractivity contribution in [2.24, 2.45) is 4.99 Å². The first-order valence-corrected chi connectivity index (χ1v) is 12.4. The average molecular weight is 461 g/mol. The van der Waals surface area contributed by atoms with E-state index in [0.717, 1.165) is 70.1 Å². The molecule has 0 saturated heterocycles. The molecule has 2 aliphatic rings. The predicted molar refractivity (Wildman–Crippen MR) is 134 cm³/mol. The number of ether oxygens (including phenoxy) is 2. The molecule has 1 aliphatic carbocycles. The molecule has 0 spiro atoms. The lowest BCUT2D eigenvalue weighted by Gasteiger charge is -2.12. The first kappa shape index (κ1) is 21.7. The topological polar surface area (TPSA) is 59.9 Å². The van der Waals surface area contributed by atoms with Crippen LogP contribution in [-0.2, 0) is 12.8 Å². The summed E-state index contributed by atoms with van der Waals surface area (Å²) >= 11 is 1.66. The Balaban J connectivity index is 1.51. The molecule has 2 heterocycles. The molecule has 2 aromatic carbocycles. The molecule has 0 unspecified atom stereocenters. The lowest BCUT2D eigenvalue weighted by atomic mass is 9.96. The van der Waals surface area contributed by atoms with E-state index in [0.29, 0.717) is 0 Å². The summed E-state index contributed by atoms with van der Waals surface area (Å²) in [5, 5.41) is 3.88. The Morgan fingerprint density at radius 3 is 2.52 bits per heavy atom. The fourth-order valence-corrected chi connectivity index (χ4v) is 5.62. The second-order valence-corrected chi connectivity index (χ2v) is 9.82. The third-order valence-electron chi connectivity index (χ3n) is 6.27. The SMILES string of the molecule is Cc1ccc(NC(=O)c2c(N=Cc3cc4c(cc3C)OCO4)sc3c2CCCCCC3)cc1. The van der Waals surface area contributed by atoms with E-state index in [1.807, 2.05) is 56.5 Å². The number of nitrogens with one attached hydrogen (secondary N) is 1. The second-order valence-electron chi connectivity index (χ2n) is 8.74. The first-order valence-electron chi connectivity index (χ1n) is 11.6. The Bertz CT molecular complexity index is 1210. The van der Waals surface area contributed by atoms with Crippen LogP contribution in [0.25, 0.3) is 0 Å². The Kier molecular flexibility index (Phi) is 6.18. The summed E-state index contributed by atoms with van der Waals surface area (Å²) in [6.07, 6.45) is 8.53. The predicted octanol–water partition coefficient (Wildman–Crippen LogP) is 6.76. The van der Waals surface area contributed by atoms with Crippen LogP contribution < -0.4 is 14.8 Å². The van der Waals surface area contributed by atoms with Crippen molar-refractivity contribution in [1.82, 2.24) is 0 Å². The summed E-state index contributed by atoms with van der Waals surface area (Å²) in [4.78, 5) is 19.6. The van der Waals surface area contributed by atoms with Crippen LogP contribution in [0.2, 0.25) is 0 Å². The largest absolute Gasteiger partial charge is 0.454 e. The summed E-state index contributed by atoms with van der Waals surface area (Å²) in [7, 11) is 0. The minimum absolute atomic E-state index is 0.0773. The zero-order chi connectivity index (χ0) is 22.8. The van der Waals surface area contributed by atoms with Gasteiger partial charge in [0.1, 0.15) is 5.00 Å². The van der Waals surface area contributed by atoms with Crippen LogP contribution in [0.1, 0.15) is 63.2 Å². The van der Waals surface area contributed by atoms with Gasteiger partial charge in [0.15, 0.2) is 11.5 Å². The number of anilines is 1. The van der Waals surface area contributed by atoms with Gasteiger partial charge in [-0.25, -0.2) is 4.99 Å². The summed E-state index contributed by atoms with van der Waals surface area (Å²) in [6.45, 7) is 4.32. The van der Waals surface area contributed by atoms with Crippen molar-refractivity contribution >= 4 is 34.1 Å². The lowest BCUT2D eigenvalue weighted by molar-refractivity contribution is 0.102. The van der Waals surface area contributed by atoms with Crippen LogP contribution in [-0.4, -0.2) is 18.9 Å². The molecule has 5 rings (SSSR count). The maximum absolute atomic E-state index is 13.5. The second kappa shape index (κ2) is 9.40. The van der Waals surface area contributed by atoms with Gasteiger partial charge < -0.3 is 14.8 Å².